The van der Waals surface area contributed by atoms with Gasteiger partial charge in [-0.1, -0.05) is 31.0 Å². The van der Waals surface area contributed by atoms with Crippen LogP contribution in [0.25, 0.3) is 0 Å². The van der Waals surface area contributed by atoms with Crippen molar-refractivity contribution >= 4 is 28.9 Å². The minimum Gasteiger partial charge on any atom is -0.383 e. The Labute approximate surface area is 100 Å². The van der Waals surface area contributed by atoms with Gasteiger partial charge in [0.25, 0.3) is 0 Å². The van der Waals surface area contributed by atoms with Gasteiger partial charge in [0.05, 0.1) is 22.3 Å². The predicted molar refractivity (Wildman–Crippen MR) is 67.0 cm³/mol. The van der Waals surface area contributed by atoms with Gasteiger partial charge >= 0.3 is 0 Å². The lowest BCUT2D eigenvalue weighted by atomic mass is 10.0. The summed E-state index contributed by atoms with van der Waals surface area (Å²) in [7, 11) is 0. The van der Waals surface area contributed by atoms with Gasteiger partial charge in [-0.05, 0) is 18.6 Å². The molecule has 1 amide bonds. The number of amides is 1. The Morgan fingerprint density at radius 3 is 3.06 bits per heavy atom. The maximum Gasteiger partial charge on any atom is 0.229 e. The molecule has 0 radical (unpaired) electrons. The lowest BCUT2D eigenvalue weighted by Crippen LogP contribution is -2.25. The molecule has 1 unspecified atom stereocenters. The smallest absolute Gasteiger partial charge is 0.229 e. The average Bonchev–Trinajstić information content (AvgIpc) is 2.42. The summed E-state index contributed by atoms with van der Waals surface area (Å²) in [5.74, 6) is 0.0784. The molecule has 1 heterocycles. The molecule has 0 fully saturated rings. The summed E-state index contributed by atoms with van der Waals surface area (Å²) in [5.41, 5.74) is 1.60. The zero-order chi connectivity index (χ0) is 11.5. The number of nitrogens with one attached hydrogen (secondary N) is 2. The molecular weight excluding hydrogens is 224 g/mol. The lowest BCUT2D eigenvalue weighted by molar-refractivity contribution is -0.119. The van der Waals surface area contributed by atoms with Gasteiger partial charge in [0.2, 0.25) is 5.91 Å². The van der Waals surface area contributed by atoms with E-state index in [4.69, 9.17) is 11.6 Å². The molecule has 0 aromatic heterocycles. The number of carbonyl (C=O) groups is 1. The van der Waals surface area contributed by atoms with Crippen molar-refractivity contribution in [2.45, 2.75) is 19.8 Å². The standard InChI is InChI=1S/C12H15ClN2O/c1-2-4-8-7-14-10-6-3-5-9(13)11(10)15-12(8)16/h3,5-6,8,14H,2,4,7H2,1H3,(H,15,16). The first-order valence-corrected chi connectivity index (χ1v) is 5.93. The third-order valence-corrected chi connectivity index (χ3v) is 3.12. The molecular formula is C12H15ClN2O. The van der Waals surface area contributed by atoms with Crippen LogP contribution < -0.4 is 10.6 Å². The molecule has 1 aromatic carbocycles. The van der Waals surface area contributed by atoms with Gasteiger partial charge in [-0.15, -0.1) is 0 Å². The van der Waals surface area contributed by atoms with Crippen LogP contribution in [0.1, 0.15) is 19.8 Å². The van der Waals surface area contributed by atoms with E-state index < -0.39 is 0 Å². The van der Waals surface area contributed by atoms with Crippen LogP contribution >= 0.6 is 11.6 Å². The van der Waals surface area contributed by atoms with Crippen molar-refractivity contribution in [3.8, 4) is 0 Å². The van der Waals surface area contributed by atoms with Crippen molar-refractivity contribution in [3.05, 3.63) is 23.2 Å². The highest BCUT2D eigenvalue weighted by Crippen LogP contribution is 2.33. The minimum absolute atomic E-state index is 0.0217. The van der Waals surface area contributed by atoms with Crippen molar-refractivity contribution < 1.29 is 4.79 Å². The Balaban J connectivity index is 2.26. The monoisotopic (exact) mass is 238 g/mol. The van der Waals surface area contributed by atoms with Gasteiger partial charge in [0.15, 0.2) is 0 Å². The van der Waals surface area contributed by atoms with E-state index in [0.717, 1.165) is 18.5 Å². The van der Waals surface area contributed by atoms with Crippen molar-refractivity contribution in [2.24, 2.45) is 5.92 Å². The Kier molecular flexibility index (Phi) is 3.34. The summed E-state index contributed by atoms with van der Waals surface area (Å²) >= 11 is 6.05. The summed E-state index contributed by atoms with van der Waals surface area (Å²) < 4.78 is 0. The Morgan fingerprint density at radius 1 is 1.50 bits per heavy atom. The van der Waals surface area contributed by atoms with E-state index >= 15 is 0 Å². The average molecular weight is 239 g/mol. The second-order valence-corrected chi connectivity index (χ2v) is 4.43. The van der Waals surface area contributed by atoms with Crippen LogP contribution in [0.2, 0.25) is 5.02 Å². The van der Waals surface area contributed by atoms with Gasteiger partial charge in [-0.25, -0.2) is 0 Å². The topological polar surface area (TPSA) is 41.1 Å². The van der Waals surface area contributed by atoms with Crippen LogP contribution in [0.15, 0.2) is 18.2 Å². The summed E-state index contributed by atoms with van der Waals surface area (Å²) in [6.07, 6.45) is 1.90. The molecule has 2 rings (SSSR count). The quantitative estimate of drug-likeness (QED) is 0.831. The summed E-state index contributed by atoms with van der Waals surface area (Å²) in [6, 6.07) is 5.58. The second-order valence-electron chi connectivity index (χ2n) is 4.02. The van der Waals surface area contributed by atoms with E-state index in [2.05, 4.69) is 17.6 Å². The van der Waals surface area contributed by atoms with Gasteiger partial charge < -0.3 is 10.6 Å². The molecule has 2 N–H and O–H groups in total. The number of halogens is 1. The number of hydrogen-bond acceptors (Lipinski definition) is 2. The van der Waals surface area contributed by atoms with E-state index in [1.54, 1.807) is 6.07 Å². The number of fused-ring (bicyclic) bond motifs is 1. The number of anilines is 2. The maximum absolute atomic E-state index is 11.9. The SMILES string of the molecule is CCCC1CNc2cccc(Cl)c2NC1=O. The van der Waals surface area contributed by atoms with Crippen LogP contribution in [0.4, 0.5) is 11.4 Å². The highest BCUT2D eigenvalue weighted by molar-refractivity contribution is 6.34. The zero-order valence-corrected chi connectivity index (χ0v) is 9.97. The highest BCUT2D eigenvalue weighted by atomic mass is 35.5. The van der Waals surface area contributed by atoms with Crippen LogP contribution in [0.3, 0.4) is 0 Å². The first kappa shape index (κ1) is 11.3. The number of rotatable bonds is 2. The fourth-order valence-corrected chi connectivity index (χ4v) is 2.15. The van der Waals surface area contributed by atoms with Crippen LogP contribution in [-0.2, 0) is 4.79 Å². The molecule has 3 nitrogen and oxygen atoms in total. The number of hydrogen-bond donors (Lipinski definition) is 2. The summed E-state index contributed by atoms with van der Waals surface area (Å²) in [5, 5.41) is 6.73. The molecule has 1 aliphatic heterocycles. The van der Waals surface area contributed by atoms with Crippen molar-refractivity contribution in [2.75, 3.05) is 17.2 Å². The van der Waals surface area contributed by atoms with Crippen LogP contribution in [0.5, 0.6) is 0 Å². The van der Waals surface area contributed by atoms with Gasteiger partial charge in [-0.2, -0.15) is 0 Å². The molecule has 0 bridgehead atoms. The largest absolute Gasteiger partial charge is 0.383 e. The first-order chi connectivity index (χ1) is 7.72. The van der Waals surface area contributed by atoms with Gasteiger partial charge in [0.1, 0.15) is 0 Å². The molecule has 16 heavy (non-hydrogen) atoms. The maximum atomic E-state index is 11.9. The zero-order valence-electron chi connectivity index (χ0n) is 9.22. The van der Waals surface area contributed by atoms with E-state index in [9.17, 15) is 4.79 Å². The summed E-state index contributed by atoms with van der Waals surface area (Å²) in [4.78, 5) is 11.9. The first-order valence-electron chi connectivity index (χ1n) is 5.55. The molecule has 0 saturated heterocycles. The third kappa shape index (κ3) is 2.14. The highest BCUT2D eigenvalue weighted by Gasteiger charge is 2.23. The predicted octanol–water partition coefficient (Wildman–Crippen LogP) is 3.12. The van der Waals surface area contributed by atoms with E-state index in [-0.39, 0.29) is 11.8 Å². The molecule has 86 valence electrons. The van der Waals surface area contributed by atoms with Crippen LogP contribution in [0, 0.1) is 5.92 Å². The number of para-hydroxylation sites is 1. The molecule has 1 aliphatic rings. The number of carbonyl (C=O) groups excluding carboxylic acids is 1. The number of benzene rings is 1. The molecule has 0 saturated carbocycles. The van der Waals surface area contributed by atoms with Crippen molar-refractivity contribution in [1.82, 2.24) is 0 Å². The van der Waals surface area contributed by atoms with Gasteiger partial charge in [-0.3, -0.25) is 4.79 Å². The van der Waals surface area contributed by atoms with Crippen LogP contribution in [-0.4, -0.2) is 12.5 Å². The van der Waals surface area contributed by atoms with Crippen molar-refractivity contribution in [3.63, 3.8) is 0 Å². The fourth-order valence-electron chi connectivity index (χ4n) is 1.93. The summed E-state index contributed by atoms with van der Waals surface area (Å²) in [6.45, 7) is 2.76. The molecule has 4 heteroatoms. The Morgan fingerprint density at radius 2 is 2.31 bits per heavy atom. The third-order valence-electron chi connectivity index (χ3n) is 2.81. The lowest BCUT2D eigenvalue weighted by Gasteiger charge is -2.11. The Hall–Kier alpha value is -1.22. The Bertz CT molecular complexity index is 406. The normalized spacial score (nSPS) is 19.4. The van der Waals surface area contributed by atoms with E-state index in [1.165, 1.54) is 0 Å². The minimum atomic E-state index is 0.0217. The van der Waals surface area contributed by atoms with E-state index in [0.29, 0.717) is 17.3 Å². The van der Waals surface area contributed by atoms with E-state index in [1.807, 2.05) is 12.1 Å². The molecule has 0 spiro atoms. The fraction of sp³-hybridized carbons (Fsp3) is 0.417. The molecule has 1 atom stereocenters. The molecule has 0 aliphatic carbocycles. The second kappa shape index (κ2) is 4.74. The van der Waals surface area contributed by atoms with Crippen molar-refractivity contribution in [1.29, 1.82) is 0 Å². The molecule has 1 aromatic rings. The van der Waals surface area contributed by atoms with Gasteiger partial charge in [0, 0.05) is 6.54 Å².